The van der Waals surface area contributed by atoms with E-state index in [1.165, 1.54) is 6.07 Å². The Morgan fingerprint density at radius 1 is 0.909 bits per heavy atom. The van der Waals surface area contributed by atoms with E-state index in [-0.39, 0.29) is 11.3 Å². The lowest BCUT2D eigenvalue weighted by Gasteiger charge is -2.19. The van der Waals surface area contributed by atoms with Gasteiger partial charge in [-0.2, -0.15) is 4.72 Å². The Hall–Kier alpha value is -3.55. The molecule has 4 rings (SSSR count). The Labute approximate surface area is 193 Å². The van der Waals surface area contributed by atoms with Gasteiger partial charge in [0.15, 0.2) is 0 Å². The molecule has 0 saturated heterocycles. The van der Waals surface area contributed by atoms with Crippen molar-refractivity contribution in [3.05, 3.63) is 102 Å². The quantitative estimate of drug-likeness (QED) is 0.429. The summed E-state index contributed by atoms with van der Waals surface area (Å²) in [5.41, 5.74) is 3.85. The SMILES string of the molecule is Cc1cc(C)cc(NC(=O)[C@H](Cc2ccccc2)NS(=O)(=O)c2cccc3cccnc23)c1. The number of pyridine rings is 1. The van der Waals surface area contributed by atoms with Gasteiger partial charge in [0.25, 0.3) is 0 Å². The van der Waals surface area contributed by atoms with Crippen LogP contribution >= 0.6 is 0 Å². The minimum Gasteiger partial charge on any atom is -0.325 e. The number of sulfonamides is 1. The third-order valence-corrected chi connectivity index (χ3v) is 6.77. The summed E-state index contributed by atoms with van der Waals surface area (Å²) in [4.78, 5) is 17.5. The molecule has 7 heteroatoms. The summed E-state index contributed by atoms with van der Waals surface area (Å²) in [5, 5.41) is 3.58. The van der Waals surface area contributed by atoms with Crippen LogP contribution in [-0.2, 0) is 21.2 Å². The van der Waals surface area contributed by atoms with E-state index in [1.807, 2.05) is 62.4 Å². The van der Waals surface area contributed by atoms with Crippen molar-refractivity contribution in [1.29, 1.82) is 0 Å². The smallest absolute Gasteiger partial charge is 0.243 e. The normalized spacial score (nSPS) is 12.4. The minimum atomic E-state index is -4.03. The van der Waals surface area contributed by atoms with Crippen molar-refractivity contribution in [1.82, 2.24) is 9.71 Å². The number of anilines is 1. The van der Waals surface area contributed by atoms with Gasteiger partial charge in [-0.25, -0.2) is 8.42 Å². The standard InChI is InChI=1S/C26H25N3O3S/c1-18-14-19(2)16-22(15-18)28-26(30)23(17-20-8-4-3-5-9-20)29-33(31,32)24-12-6-10-21-11-7-13-27-25(21)24/h3-16,23,29H,17H2,1-2H3,(H,28,30)/t23-/m0/s1. The van der Waals surface area contributed by atoms with Crippen LogP contribution in [0.2, 0.25) is 0 Å². The number of nitrogens with zero attached hydrogens (tertiary/aromatic N) is 1. The first-order chi connectivity index (χ1) is 15.8. The molecule has 1 heterocycles. The molecule has 33 heavy (non-hydrogen) atoms. The zero-order valence-corrected chi connectivity index (χ0v) is 19.3. The molecule has 4 aromatic rings. The maximum atomic E-state index is 13.4. The molecule has 0 aliphatic heterocycles. The van der Waals surface area contributed by atoms with Crippen LogP contribution in [0.15, 0.2) is 90.0 Å². The fourth-order valence-electron chi connectivity index (χ4n) is 3.86. The molecule has 1 aromatic heterocycles. The van der Waals surface area contributed by atoms with Crippen LogP contribution in [0, 0.1) is 13.8 Å². The number of aryl methyl sites for hydroxylation is 2. The molecule has 0 spiro atoms. The second-order valence-corrected chi connectivity index (χ2v) is 9.74. The van der Waals surface area contributed by atoms with Gasteiger partial charge in [-0.05, 0) is 61.2 Å². The van der Waals surface area contributed by atoms with Crippen molar-refractivity contribution in [3.8, 4) is 0 Å². The summed E-state index contributed by atoms with van der Waals surface area (Å²) in [6, 6.07) is 22.5. The largest absolute Gasteiger partial charge is 0.325 e. The van der Waals surface area contributed by atoms with Gasteiger partial charge in [0.05, 0.1) is 5.52 Å². The molecule has 0 unspecified atom stereocenters. The van der Waals surface area contributed by atoms with E-state index >= 15 is 0 Å². The first kappa shape index (κ1) is 22.6. The molecule has 3 aromatic carbocycles. The highest BCUT2D eigenvalue weighted by Crippen LogP contribution is 2.22. The van der Waals surface area contributed by atoms with Gasteiger partial charge in [-0.3, -0.25) is 9.78 Å². The number of carbonyl (C=O) groups excluding carboxylic acids is 1. The van der Waals surface area contributed by atoms with Crippen molar-refractivity contribution in [2.45, 2.75) is 31.2 Å². The molecule has 0 bridgehead atoms. The Kier molecular flexibility index (Phi) is 6.53. The highest BCUT2D eigenvalue weighted by atomic mass is 32.2. The summed E-state index contributed by atoms with van der Waals surface area (Å²) >= 11 is 0. The Bertz CT molecular complexity index is 1380. The highest BCUT2D eigenvalue weighted by Gasteiger charge is 2.28. The van der Waals surface area contributed by atoms with Crippen LogP contribution in [0.1, 0.15) is 16.7 Å². The molecular weight excluding hydrogens is 434 g/mol. The van der Waals surface area contributed by atoms with Crippen LogP contribution in [-0.4, -0.2) is 25.4 Å². The van der Waals surface area contributed by atoms with Crippen LogP contribution in [0.5, 0.6) is 0 Å². The van der Waals surface area contributed by atoms with Crippen molar-refractivity contribution in [2.24, 2.45) is 0 Å². The van der Waals surface area contributed by atoms with E-state index < -0.39 is 22.0 Å². The number of fused-ring (bicyclic) bond motifs is 1. The van der Waals surface area contributed by atoms with E-state index in [2.05, 4.69) is 15.0 Å². The first-order valence-electron chi connectivity index (χ1n) is 10.6. The maximum absolute atomic E-state index is 13.4. The Morgan fingerprint density at radius 3 is 2.33 bits per heavy atom. The predicted octanol–water partition coefficient (Wildman–Crippen LogP) is 4.38. The first-order valence-corrected chi connectivity index (χ1v) is 12.1. The lowest BCUT2D eigenvalue weighted by molar-refractivity contribution is -0.117. The van der Waals surface area contributed by atoms with E-state index in [0.29, 0.717) is 16.6 Å². The Balaban J connectivity index is 1.67. The monoisotopic (exact) mass is 459 g/mol. The number of amides is 1. The van der Waals surface area contributed by atoms with E-state index in [0.717, 1.165) is 16.7 Å². The predicted molar refractivity (Wildman–Crippen MR) is 131 cm³/mol. The van der Waals surface area contributed by atoms with E-state index in [4.69, 9.17) is 0 Å². The Morgan fingerprint density at radius 2 is 1.61 bits per heavy atom. The van der Waals surface area contributed by atoms with Gasteiger partial charge in [-0.1, -0.05) is 54.6 Å². The minimum absolute atomic E-state index is 0.0397. The number of carbonyl (C=O) groups is 1. The highest BCUT2D eigenvalue weighted by molar-refractivity contribution is 7.89. The summed E-state index contributed by atoms with van der Waals surface area (Å²) in [5.74, 6) is -0.430. The lowest BCUT2D eigenvalue weighted by Crippen LogP contribution is -2.45. The molecule has 1 amide bonds. The molecule has 2 N–H and O–H groups in total. The number of hydrogen-bond acceptors (Lipinski definition) is 4. The summed E-state index contributed by atoms with van der Waals surface area (Å²) in [7, 11) is -4.03. The molecule has 0 aliphatic carbocycles. The van der Waals surface area contributed by atoms with Crippen molar-refractivity contribution < 1.29 is 13.2 Å². The molecule has 6 nitrogen and oxygen atoms in total. The molecule has 0 radical (unpaired) electrons. The van der Waals surface area contributed by atoms with Gasteiger partial charge >= 0.3 is 0 Å². The van der Waals surface area contributed by atoms with Gasteiger partial charge in [0.1, 0.15) is 10.9 Å². The molecule has 0 aliphatic rings. The lowest BCUT2D eigenvalue weighted by atomic mass is 10.1. The average Bonchev–Trinajstić information content (AvgIpc) is 2.78. The van der Waals surface area contributed by atoms with Crippen LogP contribution in [0.3, 0.4) is 0 Å². The fraction of sp³-hybridized carbons (Fsp3) is 0.154. The third-order valence-electron chi connectivity index (χ3n) is 5.27. The number of benzene rings is 3. The van der Waals surface area contributed by atoms with Gasteiger partial charge in [0.2, 0.25) is 15.9 Å². The summed E-state index contributed by atoms with van der Waals surface area (Å²) in [6.45, 7) is 3.89. The van der Waals surface area contributed by atoms with E-state index in [9.17, 15) is 13.2 Å². The van der Waals surface area contributed by atoms with Gasteiger partial charge in [-0.15, -0.1) is 0 Å². The van der Waals surface area contributed by atoms with Gasteiger partial charge < -0.3 is 5.32 Å². The molecule has 1 atom stereocenters. The number of hydrogen-bond donors (Lipinski definition) is 2. The van der Waals surface area contributed by atoms with E-state index in [1.54, 1.807) is 30.5 Å². The summed E-state index contributed by atoms with van der Waals surface area (Å²) < 4.78 is 29.4. The molecular formula is C26H25N3O3S. The van der Waals surface area contributed by atoms with Gasteiger partial charge in [0, 0.05) is 17.3 Å². The maximum Gasteiger partial charge on any atom is 0.243 e. The molecule has 168 valence electrons. The number of para-hydroxylation sites is 1. The van der Waals surface area contributed by atoms with Crippen molar-refractivity contribution in [2.75, 3.05) is 5.32 Å². The zero-order valence-electron chi connectivity index (χ0n) is 18.4. The molecule has 0 saturated carbocycles. The molecule has 0 fully saturated rings. The second kappa shape index (κ2) is 9.52. The van der Waals surface area contributed by atoms with Crippen molar-refractivity contribution in [3.63, 3.8) is 0 Å². The van der Waals surface area contributed by atoms with Crippen LogP contribution < -0.4 is 10.0 Å². The second-order valence-electron chi connectivity index (χ2n) is 8.06. The van der Waals surface area contributed by atoms with Crippen LogP contribution in [0.25, 0.3) is 10.9 Å². The number of rotatable bonds is 7. The van der Waals surface area contributed by atoms with Crippen molar-refractivity contribution >= 4 is 32.5 Å². The summed E-state index contributed by atoms with van der Waals surface area (Å²) in [6.07, 6.45) is 1.75. The third kappa shape index (κ3) is 5.45. The average molecular weight is 460 g/mol. The fourth-order valence-corrected chi connectivity index (χ4v) is 5.23. The number of aromatic nitrogens is 1. The number of nitrogens with one attached hydrogen (secondary N) is 2. The topological polar surface area (TPSA) is 88.2 Å². The van der Waals surface area contributed by atoms with Crippen LogP contribution in [0.4, 0.5) is 5.69 Å². The zero-order chi connectivity index (χ0) is 23.4.